The molecule has 0 atom stereocenters. The highest BCUT2D eigenvalue weighted by molar-refractivity contribution is 6.06. The lowest BCUT2D eigenvalue weighted by Gasteiger charge is -2.09. The number of rotatable bonds is 6. The highest BCUT2D eigenvalue weighted by Crippen LogP contribution is 2.15. The normalized spacial score (nSPS) is 11.1. The first-order valence-electron chi connectivity index (χ1n) is 6.76. The maximum absolute atomic E-state index is 11.9. The molecule has 5 heteroatoms. The Hall–Kier alpha value is -2.17. The number of carbonyl (C=O) groups is 2. The van der Waals surface area contributed by atoms with Crippen molar-refractivity contribution < 1.29 is 9.59 Å². The van der Waals surface area contributed by atoms with Gasteiger partial charge in [-0.2, -0.15) is 5.10 Å². The predicted octanol–water partition coefficient (Wildman–Crippen LogP) is 2.48. The van der Waals surface area contributed by atoms with E-state index < -0.39 is 0 Å². The Kier molecular flexibility index (Phi) is 6.43. The van der Waals surface area contributed by atoms with Crippen molar-refractivity contribution in [2.24, 2.45) is 5.10 Å². The van der Waals surface area contributed by atoms with Gasteiger partial charge in [-0.05, 0) is 25.0 Å². The van der Waals surface area contributed by atoms with Crippen molar-refractivity contribution in [1.29, 1.82) is 0 Å². The van der Waals surface area contributed by atoms with Crippen molar-refractivity contribution in [1.82, 2.24) is 5.43 Å². The van der Waals surface area contributed by atoms with Crippen LogP contribution in [-0.4, -0.2) is 17.5 Å². The summed E-state index contributed by atoms with van der Waals surface area (Å²) < 4.78 is 0. The minimum Gasteiger partial charge on any atom is -0.326 e. The second kappa shape index (κ2) is 8.09. The number of nitrogens with zero attached hydrogens (tertiary/aromatic N) is 1. The molecule has 0 heterocycles. The molecule has 2 amide bonds. The van der Waals surface area contributed by atoms with Crippen LogP contribution in [0.1, 0.15) is 39.2 Å². The van der Waals surface area contributed by atoms with Crippen molar-refractivity contribution in [2.45, 2.75) is 40.0 Å². The van der Waals surface area contributed by atoms with Gasteiger partial charge in [0.15, 0.2) is 0 Å². The monoisotopic (exact) mass is 275 g/mol. The Labute approximate surface area is 119 Å². The molecule has 0 aliphatic rings. The maximum atomic E-state index is 11.9. The summed E-state index contributed by atoms with van der Waals surface area (Å²) >= 11 is 0. The molecule has 0 aliphatic heterocycles. The van der Waals surface area contributed by atoms with Crippen LogP contribution in [0.2, 0.25) is 0 Å². The van der Waals surface area contributed by atoms with Crippen LogP contribution in [0.3, 0.4) is 0 Å². The zero-order valence-electron chi connectivity index (χ0n) is 12.2. The van der Waals surface area contributed by atoms with E-state index in [4.69, 9.17) is 0 Å². The molecule has 1 aromatic carbocycles. The molecule has 108 valence electrons. The lowest BCUT2D eigenvalue weighted by molar-refractivity contribution is -0.121. The average molecular weight is 275 g/mol. The van der Waals surface area contributed by atoms with Gasteiger partial charge in [-0.3, -0.25) is 9.59 Å². The van der Waals surface area contributed by atoms with Gasteiger partial charge in [-0.15, -0.1) is 0 Å². The van der Waals surface area contributed by atoms with E-state index in [0.717, 1.165) is 17.7 Å². The van der Waals surface area contributed by atoms with E-state index in [0.29, 0.717) is 12.1 Å². The van der Waals surface area contributed by atoms with E-state index in [1.165, 1.54) is 0 Å². The largest absolute Gasteiger partial charge is 0.326 e. The quantitative estimate of drug-likeness (QED) is 0.618. The van der Waals surface area contributed by atoms with Crippen LogP contribution in [0, 0.1) is 0 Å². The number of carbonyl (C=O) groups excluding carboxylic acids is 2. The zero-order valence-corrected chi connectivity index (χ0v) is 12.2. The highest BCUT2D eigenvalue weighted by Gasteiger charge is 2.07. The summed E-state index contributed by atoms with van der Waals surface area (Å²) in [6.07, 6.45) is 1.38. The molecule has 0 radical (unpaired) electrons. The molecule has 20 heavy (non-hydrogen) atoms. The van der Waals surface area contributed by atoms with Crippen LogP contribution >= 0.6 is 0 Å². The third-order valence-electron chi connectivity index (χ3n) is 2.78. The minimum atomic E-state index is -0.166. The number of para-hydroxylation sites is 1. The molecule has 0 bridgehead atoms. The second-order valence-electron chi connectivity index (χ2n) is 4.47. The first-order valence-corrected chi connectivity index (χ1v) is 6.76. The number of hydrogen-bond donors (Lipinski definition) is 2. The second-order valence-corrected chi connectivity index (χ2v) is 4.47. The summed E-state index contributed by atoms with van der Waals surface area (Å²) in [7, 11) is 0. The minimum absolute atomic E-state index is 0.141. The van der Waals surface area contributed by atoms with Crippen LogP contribution in [0.25, 0.3) is 0 Å². The summed E-state index contributed by atoms with van der Waals surface area (Å²) in [4.78, 5) is 23.0. The molecule has 0 spiro atoms. The zero-order chi connectivity index (χ0) is 15.0. The van der Waals surface area contributed by atoms with E-state index in [9.17, 15) is 9.59 Å². The van der Waals surface area contributed by atoms with Gasteiger partial charge in [0.25, 0.3) is 0 Å². The van der Waals surface area contributed by atoms with Gasteiger partial charge in [0.1, 0.15) is 0 Å². The Morgan fingerprint density at radius 3 is 2.50 bits per heavy atom. The SMILES string of the molecule is CCC(=O)N/N=C(/C)CC(=O)Nc1ccccc1CC. The lowest BCUT2D eigenvalue weighted by atomic mass is 10.1. The van der Waals surface area contributed by atoms with Crippen molar-refractivity contribution in [3.8, 4) is 0 Å². The molecule has 0 saturated carbocycles. The molecular weight excluding hydrogens is 254 g/mol. The molecule has 1 aromatic rings. The first kappa shape index (κ1) is 15.9. The van der Waals surface area contributed by atoms with E-state index in [-0.39, 0.29) is 18.2 Å². The lowest BCUT2D eigenvalue weighted by Crippen LogP contribution is -2.20. The number of hydrogen-bond acceptors (Lipinski definition) is 3. The molecule has 2 N–H and O–H groups in total. The Bertz CT molecular complexity index is 510. The molecule has 5 nitrogen and oxygen atoms in total. The van der Waals surface area contributed by atoms with E-state index in [2.05, 4.69) is 15.8 Å². The number of aryl methyl sites for hydroxylation is 1. The topological polar surface area (TPSA) is 70.6 Å². The molecule has 0 aliphatic carbocycles. The average Bonchev–Trinajstić information content (AvgIpc) is 2.45. The Balaban J connectivity index is 2.57. The molecule has 0 saturated heterocycles. The third-order valence-corrected chi connectivity index (χ3v) is 2.78. The van der Waals surface area contributed by atoms with Crippen molar-refractivity contribution in [3.63, 3.8) is 0 Å². The van der Waals surface area contributed by atoms with Crippen LogP contribution < -0.4 is 10.7 Å². The van der Waals surface area contributed by atoms with Crippen LogP contribution in [0.4, 0.5) is 5.69 Å². The fraction of sp³-hybridized carbons (Fsp3) is 0.400. The summed E-state index contributed by atoms with van der Waals surface area (Å²) in [6.45, 7) is 5.49. The third kappa shape index (κ3) is 5.22. The predicted molar refractivity (Wildman–Crippen MR) is 80.6 cm³/mol. The molecule has 1 rings (SSSR count). The van der Waals surface area contributed by atoms with Crippen molar-refractivity contribution in [2.75, 3.05) is 5.32 Å². The number of amides is 2. The van der Waals surface area contributed by atoms with Gasteiger partial charge < -0.3 is 5.32 Å². The molecule has 0 unspecified atom stereocenters. The molecule has 0 fully saturated rings. The standard InChI is InChI=1S/C15H21N3O2/c1-4-12-8-6-7-9-13(12)16-15(20)10-11(3)17-18-14(19)5-2/h6-9H,4-5,10H2,1-3H3,(H,16,20)(H,18,19)/b17-11-. The van der Waals surface area contributed by atoms with Gasteiger partial charge in [-0.1, -0.05) is 32.0 Å². The Morgan fingerprint density at radius 1 is 1.15 bits per heavy atom. The van der Waals surface area contributed by atoms with Crippen LogP contribution in [-0.2, 0) is 16.0 Å². The number of anilines is 1. The van der Waals surface area contributed by atoms with Gasteiger partial charge in [0.2, 0.25) is 11.8 Å². The smallest absolute Gasteiger partial charge is 0.239 e. The van der Waals surface area contributed by atoms with Crippen LogP contribution in [0.15, 0.2) is 29.4 Å². The molecule has 0 aromatic heterocycles. The van der Waals surface area contributed by atoms with E-state index in [1.807, 2.05) is 31.2 Å². The van der Waals surface area contributed by atoms with Crippen molar-refractivity contribution >= 4 is 23.2 Å². The fourth-order valence-corrected chi connectivity index (χ4v) is 1.65. The Morgan fingerprint density at radius 2 is 1.85 bits per heavy atom. The van der Waals surface area contributed by atoms with Crippen LogP contribution in [0.5, 0.6) is 0 Å². The number of benzene rings is 1. The highest BCUT2D eigenvalue weighted by atomic mass is 16.2. The first-order chi connectivity index (χ1) is 9.56. The van der Waals surface area contributed by atoms with Gasteiger partial charge >= 0.3 is 0 Å². The summed E-state index contributed by atoms with van der Waals surface area (Å²) in [6, 6.07) is 7.69. The van der Waals surface area contributed by atoms with Gasteiger partial charge in [0.05, 0.1) is 6.42 Å². The van der Waals surface area contributed by atoms with E-state index >= 15 is 0 Å². The number of hydrazone groups is 1. The summed E-state index contributed by atoms with van der Waals surface area (Å²) in [5.41, 5.74) is 4.88. The molecular formula is C15H21N3O2. The van der Waals surface area contributed by atoms with Gasteiger partial charge in [0, 0.05) is 17.8 Å². The summed E-state index contributed by atoms with van der Waals surface area (Å²) in [5, 5.41) is 6.74. The van der Waals surface area contributed by atoms with Gasteiger partial charge in [-0.25, -0.2) is 5.43 Å². The van der Waals surface area contributed by atoms with Crippen molar-refractivity contribution in [3.05, 3.63) is 29.8 Å². The maximum Gasteiger partial charge on any atom is 0.239 e. The number of nitrogens with one attached hydrogen (secondary N) is 2. The fourth-order valence-electron chi connectivity index (χ4n) is 1.65. The summed E-state index contributed by atoms with van der Waals surface area (Å²) in [5.74, 6) is -0.306. The van der Waals surface area contributed by atoms with E-state index in [1.54, 1.807) is 13.8 Å².